The number of rotatable bonds is 3. The highest BCUT2D eigenvalue weighted by Gasteiger charge is 2.51. The van der Waals surface area contributed by atoms with Gasteiger partial charge in [-0.05, 0) is 70.4 Å². The number of nitrogens with zero attached hydrogens (tertiary/aromatic N) is 2. The van der Waals surface area contributed by atoms with E-state index in [9.17, 15) is 4.79 Å². The highest BCUT2D eigenvalue weighted by atomic mass is 16.6. The average molecular weight is 307 g/mol. The fraction of sp³-hybridized carbons (Fsp3) is 0.882. The summed E-state index contributed by atoms with van der Waals surface area (Å²) in [6.07, 6.45) is 5.76. The third-order valence-electron chi connectivity index (χ3n) is 5.96. The first-order valence-electron chi connectivity index (χ1n) is 8.74. The van der Waals surface area contributed by atoms with E-state index < -0.39 is 0 Å². The number of hydrogen-bond acceptors (Lipinski definition) is 4. The lowest BCUT2D eigenvalue weighted by Crippen LogP contribution is -2.54. The Morgan fingerprint density at radius 1 is 1.27 bits per heavy atom. The third-order valence-corrected chi connectivity index (χ3v) is 5.96. The lowest BCUT2D eigenvalue weighted by atomic mass is 9.64. The first-order chi connectivity index (χ1) is 10.5. The Kier molecular flexibility index (Phi) is 4.44. The van der Waals surface area contributed by atoms with Gasteiger partial charge in [0.05, 0.1) is 6.61 Å². The largest absolute Gasteiger partial charge is 0.450 e. The Morgan fingerprint density at radius 3 is 2.55 bits per heavy atom. The van der Waals surface area contributed by atoms with Gasteiger partial charge in [0.25, 0.3) is 0 Å². The fourth-order valence-electron chi connectivity index (χ4n) is 4.53. The number of ether oxygens (including phenoxy) is 1. The van der Waals surface area contributed by atoms with Crippen molar-refractivity contribution in [1.82, 2.24) is 9.80 Å². The van der Waals surface area contributed by atoms with Crippen LogP contribution >= 0.6 is 0 Å². The molecule has 1 spiro atoms. The molecule has 3 aliphatic rings. The molecule has 5 nitrogen and oxygen atoms in total. The van der Waals surface area contributed by atoms with Crippen LogP contribution in [0.1, 0.15) is 46.0 Å². The molecule has 0 aromatic heterocycles. The van der Waals surface area contributed by atoms with Crippen molar-refractivity contribution in [3.05, 3.63) is 0 Å². The van der Waals surface area contributed by atoms with Crippen molar-refractivity contribution in [1.29, 1.82) is 5.41 Å². The van der Waals surface area contributed by atoms with Crippen LogP contribution in [-0.4, -0.2) is 60.4 Å². The van der Waals surface area contributed by atoms with Gasteiger partial charge in [-0.15, -0.1) is 0 Å². The van der Waals surface area contributed by atoms with E-state index in [1.807, 2.05) is 18.7 Å². The summed E-state index contributed by atoms with van der Waals surface area (Å²) in [5.74, 6) is 0.510. The van der Waals surface area contributed by atoms with Crippen LogP contribution in [-0.2, 0) is 4.74 Å². The standard InChI is InChI=1S/C17H29N3O2/c1-3-22-16(21)20-9-6-17(12-20)10-15(11-17)19-7-4-14(5-8-19)13(2)18/h14-15,18H,3-12H2,1-2H3. The van der Waals surface area contributed by atoms with Crippen LogP contribution in [0, 0.1) is 16.7 Å². The second-order valence-electron chi connectivity index (χ2n) is 7.43. The Morgan fingerprint density at radius 2 is 1.95 bits per heavy atom. The predicted molar refractivity (Wildman–Crippen MR) is 86.4 cm³/mol. The number of carbonyl (C=O) groups excluding carboxylic acids is 1. The van der Waals surface area contributed by atoms with Gasteiger partial charge in [-0.2, -0.15) is 0 Å². The predicted octanol–water partition coefficient (Wildman–Crippen LogP) is 2.75. The molecule has 1 saturated carbocycles. The maximum atomic E-state index is 11.8. The van der Waals surface area contributed by atoms with Gasteiger partial charge in [0.15, 0.2) is 0 Å². The van der Waals surface area contributed by atoms with E-state index in [-0.39, 0.29) is 6.09 Å². The summed E-state index contributed by atoms with van der Waals surface area (Å²) in [6, 6.07) is 0.703. The molecule has 0 atom stereocenters. The SMILES string of the molecule is CCOC(=O)N1CCC2(CC(N3CCC(C(C)=N)CC3)C2)C1. The van der Waals surface area contributed by atoms with E-state index in [1.165, 1.54) is 12.8 Å². The van der Waals surface area contributed by atoms with Crippen LogP contribution in [0.2, 0.25) is 0 Å². The number of nitrogens with one attached hydrogen (secondary N) is 1. The molecule has 3 rings (SSSR count). The molecule has 5 heteroatoms. The van der Waals surface area contributed by atoms with Crippen LogP contribution in [0.5, 0.6) is 0 Å². The number of piperidine rings is 1. The van der Waals surface area contributed by atoms with Crippen LogP contribution in [0.3, 0.4) is 0 Å². The highest BCUT2D eigenvalue weighted by Crippen LogP contribution is 2.50. The second-order valence-corrected chi connectivity index (χ2v) is 7.43. The van der Waals surface area contributed by atoms with Gasteiger partial charge >= 0.3 is 6.09 Å². The fourth-order valence-corrected chi connectivity index (χ4v) is 4.53. The Balaban J connectivity index is 1.45. The van der Waals surface area contributed by atoms with E-state index in [0.29, 0.717) is 24.0 Å². The molecule has 0 aromatic carbocycles. The van der Waals surface area contributed by atoms with E-state index in [1.54, 1.807) is 0 Å². The van der Waals surface area contributed by atoms with Crippen LogP contribution in [0.4, 0.5) is 4.79 Å². The van der Waals surface area contributed by atoms with Gasteiger partial charge in [-0.1, -0.05) is 0 Å². The van der Waals surface area contributed by atoms with Crippen molar-refractivity contribution >= 4 is 11.8 Å². The van der Waals surface area contributed by atoms with Crippen molar-refractivity contribution in [2.24, 2.45) is 11.3 Å². The molecule has 0 bridgehead atoms. The molecule has 1 amide bonds. The molecular formula is C17H29N3O2. The quantitative estimate of drug-likeness (QED) is 0.816. The number of carbonyl (C=O) groups is 1. The summed E-state index contributed by atoms with van der Waals surface area (Å²) >= 11 is 0. The first-order valence-corrected chi connectivity index (χ1v) is 8.74. The Labute approximate surface area is 133 Å². The van der Waals surface area contributed by atoms with E-state index in [4.69, 9.17) is 10.1 Å². The zero-order valence-corrected chi connectivity index (χ0v) is 13.9. The topological polar surface area (TPSA) is 56.6 Å². The Hall–Kier alpha value is -1.10. The Bertz CT molecular complexity index is 437. The molecule has 2 aliphatic heterocycles. The lowest BCUT2D eigenvalue weighted by molar-refractivity contribution is -0.00545. The van der Waals surface area contributed by atoms with Crippen LogP contribution in [0.15, 0.2) is 0 Å². The monoisotopic (exact) mass is 307 g/mol. The van der Waals surface area contributed by atoms with Gasteiger partial charge in [0.2, 0.25) is 0 Å². The molecule has 3 fully saturated rings. The summed E-state index contributed by atoms with van der Waals surface area (Å²) in [7, 11) is 0. The van der Waals surface area contributed by atoms with Crippen molar-refractivity contribution in [2.75, 3.05) is 32.8 Å². The molecule has 0 unspecified atom stereocenters. The normalized spacial score (nSPS) is 33.0. The maximum Gasteiger partial charge on any atom is 0.409 e. The number of hydrogen-bond donors (Lipinski definition) is 1. The van der Waals surface area contributed by atoms with Crippen LogP contribution in [0.25, 0.3) is 0 Å². The third kappa shape index (κ3) is 3.00. The summed E-state index contributed by atoms with van der Waals surface area (Å²) in [5.41, 5.74) is 1.22. The van der Waals surface area contributed by atoms with Crippen LogP contribution < -0.4 is 0 Å². The minimum Gasteiger partial charge on any atom is -0.450 e. The zero-order chi connectivity index (χ0) is 15.7. The molecule has 0 radical (unpaired) electrons. The zero-order valence-electron chi connectivity index (χ0n) is 13.9. The summed E-state index contributed by atoms with van der Waals surface area (Å²) < 4.78 is 5.12. The molecule has 1 N–H and O–H groups in total. The molecule has 2 saturated heterocycles. The number of amides is 1. The van der Waals surface area contributed by atoms with Gasteiger partial charge in [-0.25, -0.2) is 4.79 Å². The molecule has 22 heavy (non-hydrogen) atoms. The minimum atomic E-state index is -0.134. The summed E-state index contributed by atoms with van der Waals surface area (Å²) in [5, 5.41) is 7.78. The summed E-state index contributed by atoms with van der Waals surface area (Å²) in [6.45, 7) is 8.31. The molecule has 2 heterocycles. The van der Waals surface area contributed by atoms with Gasteiger partial charge < -0.3 is 19.9 Å². The molecular weight excluding hydrogens is 278 g/mol. The van der Waals surface area contributed by atoms with E-state index in [0.717, 1.165) is 51.2 Å². The summed E-state index contributed by atoms with van der Waals surface area (Å²) in [4.78, 5) is 16.3. The minimum absolute atomic E-state index is 0.134. The second kappa shape index (κ2) is 6.19. The van der Waals surface area contributed by atoms with Gasteiger partial charge in [0, 0.05) is 24.8 Å². The maximum absolute atomic E-state index is 11.8. The smallest absolute Gasteiger partial charge is 0.409 e. The highest BCUT2D eigenvalue weighted by molar-refractivity contribution is 5.81. The van der Waals surface area contributed by atoms with E-state index >= 15 is 0 Å². The van der Waals surface area contributed by atoms with Crippen molar-refractivity contribution < 1.29 is 9.53 Å². The van der Waals surface area contributed by atoms with Crippen molar-refractivity contribution in [2.45, 2.75) is 52.0 Å². The average Bonchev–Trinajstić information content (AvgIpc) is 2.91. The van der Waals surface area contributed by atoms with E-state index in [2.05, 4.69) is 4.90 Å². The van der Waals surface area contributed by atoms with Gasteiger partial charge in [-0.3, -0.25) is 0 Å². The molecule has 1 aliphatic carbocycles. The first kappa shape index (κ1) is 15.8. The van der Waals surface area contributed by atoms with Gasteiger partial charge in [0.1, 0.15) is 0 Å². The van der Waals surface area contributed by atoms with Crippen molar-refractivity contribution in [3.8, 4) is 0 Å². The molecule has 124 valence electrons. The lowest BCUT2D eigenvalue weighted by Gasteiger charge is -2.51. The molecule has 0 aromatic rings. The number of likely N-dealkylation sites (tertiary alicyclic amines) is 2. The van der Waals surface area contributed by atoms with Crippen molar-refractivity contribution in [3.63, 3.8) is 0 Å².